The molecule has 0 saturated carbocycles. The minimum atomic E-state index is -0.285. The van der Waals surface area contributed by atoms with Crippen LogP contribution in [0.4, 0.5) is 21.7 Å². The van der Waals surface area contributed by atoms with Gasteiger partial charge in [-0.25, -0.2) is 24.0 Å². The second kappa shape index (κ2) is 7.15. The number of fused-ring (bicyclic) bond motifs is 3. The Hall–Kier alpha value is -3.75. The first kappa shape index (κ1) is 20.2. The molecule has 0 aliphatic carbocycles. The summed E-state index contributed by atoms with van der Waals surface area (Å²) in [5, 5.41) is 8.39. The van der Waals surface area contributed by atoms with Crippen molar-refractivity contribution in [2.75, 3.05) is 23.8 Å². The number of halogens is 1. The van der Waals surface area contributed by atoms with Gasteiger partial charge in [-0.3, -0.25) is 4.90 Å². The molecular formula is C23H25FN8. The number of rotatable bonds is 4. The number of nitrogens with zero attached hydrogens (tertiary/aromatic N) is 7. The molecule has 2 aliphatic heterocycles. The number of anilines is 3. The Morgan fingerprint density at radius 3 is 2.53 bits per heavy atom. The van der Waals surface area contributed by atoms with Crippen LogP contribution in [0.2, 0.25) is 0 Å². The smallest absolute Gasteiger partial charge is 0.207 e. The second-order valence-corrected chi connectivity index (χ2v) is 8.79. The fourth-order valence-corrected chi connectivity index (χ4v) is 4.03. The molecule has 1 aromatic carbocycles. The van der Waals surface area contributed by atoms with Gasteiger partial charge < -0.3 is 10.2 Å². The van der Waals surface area contributed by atoms with Crippen molar-refractivity contribution < 1.29 is 4.39 Å². The van der Waals surface area contributed by atoms with Crippen LogP contribution in [0.1, 0.15) is 30.8 Å². The maximum absolute atomic E-state index is 13.5. The molecule has 0 bridgehead atoms. The largest absolute Gasteiger partial charge is 0.340 e. The predicted molar refractivity (Wildman–Crippen MR) is 123 cm³/mol. The normalized spacial score (nSPS) is 16.7. The van der Waals surface area contributed by atoms with E-state index in [9.17, 15) is 4.39 Å². The van der Waals surface area contributed by atoms with Crippen molar-refractivity contribution in [2.45, 2.75) is 32.9 Å². The molecule has 32 heavy (non-hydrogen) atoms. The highest BCUT2D eigenvalue weighted by Gasteiger charge is 2.42. The number of nitrogens with one attached hydrogen (secondary N) is 1. The molecule has 1 N–H and O–H groups in total. The molecule has 3 aromatic rings. The SMILES string of the molecule is C=C1c2c(nn(Cc3cnc(C)nc3)c2Nc2ccc(F)cc2)N2CC(C)(C)N=C2N1C. The van der Waals surface area contributed by atoms with E-state index in [0.717, 1.165) is 40.1 Å². The number of aromatic nitrogens is 4. The molecule has 4 heterocycles. The molecule has 0 unspecified atom stereocenters. The number of aryl methyl sites for hydroxylation is 1. The van der Waals surface area contributed by atoms with Crippen LogP contribution in [0.25, 0.3) is 5.70 Å². The summed E-state index contributed by atoms with van der Waals surface area (Å²) in [6, 6.07) is 6.26. The van der Waals surface area contributed by atoms with Gasteiger partial charge in [0.25, 0.3) is 0 Å². The third kappa shape index (κ3) is 3.39. The highest BCUT2D eigenvalue weighted by Crippen LogP contribution is 2.43. The molecule has 8 nitrogen and oxygen atoms in total. The lowest BCUT2D eigenvalue weighted by molar-refractivity contribution is 0.562. The minimum Gasteiger partial charge on any atom is -0.340 e. The Morgan fingerprint density at radius 2 is 1.84 bits per heavy atom. The van der Waals surface area contributed by atoms with E-state index in [0.29, 0.717) is 18.9 Å². The number of benzene rings is 1. The minimum absolute atomic E-state index is 0.232. The zero-order valence-corrected chi connectivity index (χ0v) is 18.6. The molecule has 0 fully saturated rings. The summed E-state index contributed by atoms with van der Waals surface area (Å²) in [6.45, 7) is 11.6. The van der Waals surface area contributed by atoms with Gasteiger partial charge in [0.2, 0.25) is 5.96 Å². The van der Waals surface area contributed by atoms with Gasteiger partial charge in [0, 0.05) is 30.7 Å². The molecule has 2 aliphatic rings. The number of aliphatic imine (C=N–C) groups is 1. The monoisotopic (exact) mass is 432 g/mol. The van der Waals surface area contributed by atoms with Crippen LogP contribution in [0.5, 0.6) is 0 Å². The zero-order valence-electron chi connectivity index (χ0n) is 18.6. The van der Waals surface area contributed by atoms with E-state index < -0.39 is 0 Å². The maximum Gasteiger partial charge on any atom is 0.207 e. The molecule has 2 aromatic heterocycles. The molecule has 5 rings (SSSR count). The van der Waals surface area contributed by atoms with Gasteiger partial charge >= 0.3 is 0 Å². The quantitative estimate of drug-likeness (QED) is 0.676. The molecule has 9 heteroatoms. The van der Waals surface area contributed by atoms with Gasteiger partial charge in [-0.15, -0.1) is 0 Å². The van der Waals surface area contributed by atoms with Crippen LogP contribution >= 0.6 is 0 Å². The lowest BCUT2D eigenvalue weighted by Gasteiger charge is -2.34. The van der Waals surface area contributed by atoms with Crippen LogP contribution in [0, 0.1) is 12.7 Å². The van der Waals surface area contributed by atoms with Gasteiger partial charge in [-0.2, -0.15) is 5.10 Å². The number of hydrogen-bond donors (Lipinski definition) is 1. The molecule has 0 amide bonds. The molecular weight excluding hydrogens is 407 g/mol. The van der Waals surface area contributed by atoms with Crippen LogP contribution in [-0.2, 0) is 6.54 Å². The molecule has 0 radical (unpaired) electrons. The first-order chi connectivity index (χ1) is 15.2. The zero-order chi connectivity index (χ0) is 22.6. The third-order valence-corrected chi connectivity index (χ3v) is 5.65. The summed E-state index contributed by atoms with van der Waals surface area (Å²) < 4.78 is 15.4. The number of guanidine groups is 1. The summed E-state index contributed by atoms with van der Waals surface area (Å²) in [5.41, 5.74) is 3.13. The van der Waals surface area contributed by atoms with Crippen molar-refractivity contribution in [1.82, 2.24) is 24.6 Å². The summed E-state index contributed by atoms with van der Waals surface area (Å²) in [7, 11) is 1.96. The van der Waals surface area contributed by atoms with Crippen LogP contribution < -0.4 is 10.2 Å². The lowest BCUT2D eigenvalue weighted by atomic mass is 10.1. The van der Waals surface area contributed by atoms with E-state index >= 15 is 0 Å². The first-order valence-electron chi connectivity index (χ1n) is 10.4. The fourth-order valence-electron chi connectivity index (χ4n) is 4.03. The van der Waals surface area contributed by atoms with Gasteiger partial charge in [0.15, 0.2) is 5.82 Å². The fraction of sp³-hybridized carbons (Fsp3) is 0.304. The Labute approximate surface area is 186 Å². The van der Waals surface area contributed by atoms with Crippen molar-refractivity contribution in [3.63, 3.8) is 0 Å². The van der Waals surface area contributed by atoms with Crippen LogP contribution in [-0.4, -0.2) is 49.7 Å². The molecule has 164 valence electrons. The van der Waals surface area contributed by atoms with Crippen LogP contribution in [0.15, 0.2) is 48.2 Å². The number of hydrogen-bond acceptors (Lipinski definition) is 7. The average Bonchev–Trinajstić information content (AvgIpc) is 3.27. The summed E-state index contributed by atoms with van der Waals surface area (Å²) in [6.07, 6.45) is 3.61. The van der Waals surface area contributed by atoms with E-state index in [1.165, 1.54) is 12.1 Å². The molecule has 0 saturated heterocycles. The topological polar surface area (TPSA) is 74.5 Å². The molecule has 0 spiro atoms. The van der Waals surface area contributed by atoms with Gasteiger partial charge in [0.1, 0.15) is 17.5 Å². The van der Waals surface area contributed by atoms with Gasteiger partial charge in [-0.1, -0.05) is 6.58 Å². The van der Waals surface area contributed by atoms with Crippen molar-refractivity contribution in [2.24, 2.45) is 4.99 Å². The van der Waals surface area contributed by atoms with Crippen molar-refractivity contribution in [3.8, 4) is 0 Å². The summed E-state index contributed by atoms with van der Waals surface area (Å²) in [5.74, 6) is 2.84. The van der Waals surface area contributed by atoms with Crippen LogP contribution in [0.3, 0.4) is 0 Å². The van der Waals surface area contributed by atoms with E-state index in [1.807, 2.05) is 23.6 Å². The Balaban J connectivity index is 1.63. The van der Waals surface area contributed by atoms with Gasteiger partial charge in [-0.05, 0) is 45.0 Å². The lowest BCUT2D eigenvalue weighted by Crippen LogP contribution is -2.43. The van der Waals surface area contributed by atoms with E-state index in [-0.39, 0.29) is 11.4 Å². The highest BCUT2D eigenvalue weighted by atomic mass is 19.1. The summed E-state index contributed by atoms with van der Waals surface area (Å²) in [4.78, 5) is 17.6. The Bertz CT molecular complexity index is 1220. The van der Waals surface area contributed by atoms with E-state index in [1.54, 1.807) is 24.5 Å². The highest BCUT2D eigenvalue weighted by molar-refractivity contribution is 6.09. The Morgan fingerprint density at radius 1 is 1.16 bits per heavy atom. The first-order valence-corrected chi connectivity index (χ1v) is 10.4. The van der Waals surface area contributed by atoms with Crippen molar-refractivity contribution in [1.29, 1.82) is 0 Å². The third-order valence-electron chi connectivity index (χ3n) is 5.65. The average molecular weight is 433 g/mol. The van der Waals surface area contributed by atoms with Crippen molar-refractivity contribution >= 4 is 29.0 Å². The second-order valence-electron chi connectivity index (χ2n) is 8.79. The Kier molecular flexibility index (Phi) is 4.51. The standard InChI is InChI=1S/C23H25FN8/c1-14-19-20(27-18-8-6-17(24)7-9-18)32(12-16-10-25-15(2)26-11-16)29-21(19)31-13-23(3,4)28-22(31)30(14)5/h6-11,27H,1,12-13H2,2-5H3. The van der Waals surface area contributed by atoms with Gasteiger partial charge in [0.05, 0.1) is 29.9 Å². The summed E-state index contributed by atoms with van der Waals surface area (Å²) >= 11 is 0. The van der Waals surface area contributed by atoms with E-state index in [4.69, 9.17) is 10.1 Å². The molecule has 0 atom stereocenters. The van der Waals surface area contributed by atoms with Crippen molar-refractivity contribution in [3.05, 3.63) is 66.0 Å². The van der Waals surface area contributed by atoms with E-state index in [2.05, 4.69) is 40.6 Å². The maximum atomic E-state index is 13.5. The predicted octanol–water partition coefficient (Wildman–Crippen LogP) is 3.78.